The molecule has 0 amide bonds. The Hall–Kier alpha value is 0.390. The van der Waals surface area contributed by atoms with Crippen LogP contribution >= 0.6 is 9.90 Å². The van der Waals surface area contributed by atoms with Gasteiger partial charge in [0.25, 0.3) is 0 Å². The summed E-state index contributed by atoms with van der Waals surface area (Å²) in [6.45, 7) is 8.61. The topological polar surface area (TPSA) is 12.0 Å². The van der Waals surface area contributed by atoms with Crippen LogP contribution < -0.4 is 5.32 Å². The maximum Gasteiger partial charge on any atom is 0.00127 e. The van der Waals surface area contributed by atoms with Crippen molar-refractivity contribution in [3.8, 4) is 0 Å². The van der Waals surface area contributed by atoms with Gasteiger partial charge in [-0.05, 0) is 0 Å². The third kappa shape index (κ3) is 9.63. The average molecular weight is 135 g/mol. The predicted octanol–water partition coefficient (Wildman–Crippen LogP) is 1.45. The van der Waals surface area contributed by atoms with Crippen molar-refractivity contribution in [2.75, 3.05) is 0 Å². The zero-order valence-electron chi connectivity index (χ0n) is 6.36. The van der Waals surface area contributed by atoms with E-state index in [9.17, 15) is 0 Å². The smallest absolute Gasteiger partial charge is 0.00127 e. The number of nitrogens with one attached hydrogen (secondary N) is 1. The highest BCUT2D eigenvalue weighted by Gasteiger charge is 1.92. The zero-order valence-corrected chi connectivity index (χ0v) is 7.78. The van der Waals surface area contributed by atoms with Gasteiger partial charge in [0.1, 0.15) is 0 Å². The molecule has 1 unspecified atom stereocenters. The molecule has 0 bridgehead atoms. The van der Waals surface area contributed by atoms with Crippen LogP contribution in [0, 0.1) is 0 Å². The molecule has 1 nitrogen and oxygen atoms in total. The molecule has 0 aromatic carbocycles. The van der Waals surface area contributed by atoms with Gasteiger partial charge >= 0.3 is 0 Å². The minimum atomic E-state index is 0. The Morgan fingerprint density at radius 2 is 1.12 bits per heavy atom. The van der Waals surface area contributed by atoms with Gasteiger partial charge in [0, 0.05) is 12.1 Å². The summed E-state index contributed by atoms with van der Waals surface area (Å²) in [4.78, 5) is 0. The molecule has 8 heavy (non-hydrogen) atoms. The summed E-state index contributed by atoms with van der Waals surface area (Å²) < 4.78 is 0. The van der Waals surface area contributed by atoms with E-state index in [4.69, 9.17) is 0 Å². The van der Waals surface area contributed by atoms with Gasteiger partial charge in [-0.3, -0.25) is 0 Å². The molecule has 0 spiro atoms. The van der Waals surface area contributed by atoms with Crippen LogP contribution in [0.5, 0.6) is 0 Å². The summed E-state index contributed by atoms with van der Waals surface area (Å²) in [7, 11) is 0. The highest BCUT2D eigenvalue weighted by Crippen LogP contribution is 1.80. The minimum absolute atomic E-state index is 0. The minimum Gasteiger partial charge on any atom is -0.312 e. The molecule has 0 aromatic rings. The quantitative estimate of drug-likeness (QED) is 0.565. The van der Waals surface area contributed by atoms with Crippen LogP contribution in [0.25, 0.3) is 0 Å². The van der Waals surface area contributed by atoms with Gasteiger partial charge in [0.15, 0.2) is 0 Å². The Labute approximate surface area is 55.9 Å². The van der Waals surface area contributed by atoms with Crippen molar-refractivity contribution in [3.05, 3.63) is 0 Å². The lowest BCUT2D eigenvalue weighted by atomic mass is 10.3. The van der Waals surface area contributed by atoms with Gasteiger partial charge in [-0.15, -0.1) is 0 Å². The Bertz CT molecular complexity index is 37.8. The summed E-state index contributed by atoms with van der Waals surface area (Å²) in [5.74, 6) is 0. The molecular formula is C6H18NP. The Morgan fingerprint density at radius 1 is 0.875 bits per heavy atom. The zero-order chi connectivity index (χ0) is 5.86. The van der Waals surface area contributed by atoms with Gasteiger partial charge in [0.05, 0.1) is 0 Å². The van der Waals surface area contributed by atoms with Crippen molar-refractivity contribution in [2.45, 2.75) is 39.8 Å². The van der Waals surface area contributed by atoms with Crippen molar-refractivity contribution < 1.29 is 0 Å². The second-order valence-electron chi connectivity index (χ2n) is 2.48. The van der Waals surface area contributed by atoms with Gasteiger partial charge in [0.2, 0.25) is 0 Å². The first-order valence-electron chi connectivity index (χ1n) is 2.89. The fraction of sp³-hybridized carbons (Fsp3) is 1.00. The first kappa shape index (κ1) is 11.2. The standard InChI is InChI=1S/C6H15N.H3P/c1-5(2)7-6(3)4;/h5-7H,1-4H3;1H3. The van der Waals surface area contributed by atoms with Crippen LogP contribution in [-0.4, -0.2) is 12.1 Å². The third-order valence-electron chi connectivity index (χ3n) is 0.667. The predicted molar refractivity (Wildman–Crippen MR) is 44.5 cm³/mol. The molecule has 0 fully saturated rings. The van der Waals surface area contributed by atoms with Gasteiger partial charge in [-0.1, -0.05) is 27.7 Å². The molecule has 0 aliphatic heterocycles. The van der Waals surface area contributed by atoms with Crippen LogP contribution in [0.3, 0.4) is 0 Å². The number of hydrogen-bond acceptors (Lipinski definition) is 1. The highest BCUT2D eigenvalue weighted by molar-refractivity contribution is 6.92. The molecule has 0 aromatic heterocycles. The van der Waals surface area contributed by atoms with Crippen molar-refractivity contribution in [1.29, 1.82) is 0 Å². The van der Waals surface area contributed by atoms with Crippen LogP contribution in [0.4, 0.5) is 0 Å². The van der Waals surface area contributed by atoms with Crippen molar-refractivity contribution in [1.82, 2.24) is 5.32 Å². The maximum atomic E-state index is 3.31. The molecular weight excluding hydrogens is 117 g/mol. The van der Waals surface area contributed by atoms with E-state index >= 15 is 0 Å². The number of hydrogen-bond donors (Lipinski definition) is 1. The van der Waals surface area contributed by atoms with Gasteiger partial charge in [-0.2, -0.15) is 9.90 Å². The molecule has 0 aliphatic carbocycles. The summed E-state index contributed by atoms with van der Waals surface area (Å²) in [6, 6.07) is 1.25. The normalized spacial score (nSPS) is 9.75. The van der Waals surface area contributed by atoms with Crippen LogP contribution in [0.15, 0.2) is 0 Å². The van der Waals surface area contributed by atoms with Gasteiger partial charge in [-0.25, -0.2) is 0 Å². The fourth-order valence-electron chi connectivity index (χ4n) is 0.667. The average Bonchev–Trinajstić information content (AvgIpc) is 1.27. The monoisotopic (exact) mass is 135 g/mol. The maximum absolute atomic E-state index is 3.31. The van der Waals surface area contributed by atoms with E-state index in [1.54, 1.807) is 0 Å². The van der Waals surface area contributed by atoms with E-state index in [2.05, 4.69) is 33.0 Å². The van der Waals surface area contributed by atoms with E-state index in [0.717, 1.165) is 0 Å². The molecule has 2 heteroatoms. The van der Waals surface area contributed by atoms with E-state index in [-0.39, 0.29) is 9.90 Å². The second kappa shape index (κ2) is 5.53. The molecule has 1 N–H and O–H groups in total. The summed E-state index contributed by atoms with van der Waals surface area (Å²) in [6.07, 6.45) is 0. The van der Waals surface area contributed by atoms with Crippen LogP contribution in [-0.2, 0) is 0 Å². The largest absolute Gasteiger partial charge is 0.312 e. The lowest BCUT2D eigenvalue weighted by Crippen LogP contribution is -2.29. The molecule has 1 atom stereocenters. The molecule has 0 rings (SSSR count). The van der Waals surface area contributed by atoms with Crippen molar-refractivity contribution in [2.24, 2.45) is 0 Å². The first-order chi connectivity index (χ1) is 3.13. The van der Waals surface area contributed by atoms with Crippen LogP contribution in [0.2, 0.25) is 0 Å². The van der Waals surface area contributed by atoms with E-state index < -0.39 is 0 Å². The van der Waals surface area contributed by atoms with Crippen molar-refractivity contribution in [3.63, 3.8) is 0 Å². The van der Waals surface area contributed by atoms with E-state index in [0.29, 0.717) is 12.1 Å². The Balaban J connectivity index is 0. The van der Waals surface area contributed by atoms with Crippen LogP contribution in [0.1, 0.15) is 27.7 Å². The fourth-order valence-corrected chi connectivity index (χ4v) is 0.667. The summed E-state index contributed by atoms with van der Waals surface area (Å²) in [5.41, 5.74) is 0. The molecule has 52 valence electrons. The second-order valence-corrected chi connectivity index (χ2v) is 2.48. The van der Waals surface area contributed by atoms with Gasteiger partial charge < -0.3 is 5.32 Å². The highest BCUT2D eigenvalue weighted by atomic mass is 31.0. The van der Waals surface area contributed by atoms with E-state index in [1.807, 2.05) is 0 Å². The third-order valence-corrected chi connectivity index (χ3v) is 0.667. The Kier molecular flexibility index (Phi) is 7.75. The summed E-state index contributed by atoms with van der Waals surface area (Å²) >= 11 is 0. The Morgan fingerprint density at radius 3 is 1.12 bits per heavy atom. The molecule has 0 saturated carbocycles. The SMILES string of the molecule is CC(C)NC(C)C.P. The molecule has 0 saturated heterocycles. The van der Waals surface area contributed by atoms with E-state index in [1.165, 1.54) is 0 Å². The number of rotatable bonds is 2. The lowest BCUT2D eigenvalue weighted by Gasteiger charge is -2.10. The van der Waals surface area contributed by atoms with Crippen molar-refractivity contribution >= 4 is 9.90 Å². The molecule has 0 aliphatic rings. The first-order valence-corrected chi connectivity index (χ1v) is 2.89. The lowest BCUT2D eigenvalue weighted by molar-refractivity contribution is 0.518. The summed E-state index contributed by atoms with van der Waals surface area (Å²) in [5, 5.41) is 3.31. The molecule has 0 heterocycles. The molecule has 0 radical (unpaired) electrons.